The summed E-state index contributed by atoms with van der Waals surface area (Å²) in [6, 6.07) is 15.3. The SMILES string of the molecule is Cc1nc2nc(-c3ccccc3)nn2c(C)c1CC(=O)Nc1ccc(F)cc1. The van der Waals surface area contributed by atoms with Crippen molar-refractivity contribution in [3.8, 4) is 11.4 Å². The van der Waals surface area contributed by atoms with Crippen molar-refractivity contribution in [2.75, 3.05) is 5.32 Å². The van der Waals surface area contributed by atoms with Crippen molar-refractivity contribution in [3.63, 3.8) is 0 Å². The van der Waals surface area contributed by atoms with Crippen LogP contribution < -0.4 is 5.32 Å². The summed E-state index contributed by atoms with van der Waals surface area (Å²) in [4.78, 5) is 21.5. The van der Waals surface area contributed by atoms with E-state index in [0.29, 0.717) is 17.3 Å². The van der Waals surface area contributed by atoms with Crippen LogP contribution in [0.15, 0.2) is 54.6 Å². The molecular weight excluding hydrogens is 357 g/mol. The van der Waals surface area contributed by atoms with Gasteiger partial charge in [0.15, 0.2) is 5.82 Å². The first-order valence-electron chi connectivity index (χ1n) is 8.85. The third-order valence-electron chi connectivity index (χ3n) is 4.55. The smallest absolute Gasteiger partial charge is 0.253 e. The number of aryl methyl sites for hydroxylation is 2. The molecule has 0 saturated carbocycles. The van der Waals surface area contributed by atoms with Crippen LogP contribution in [-0.2, 0) is 11.2 Å². The van der Waals surface area contributed by atoms with Gasteiger partial charge in [0, 0.05) is 28.2 Å². The minimum absolute atomic E-state index is 0.137. The lowest BCUT2D eigenvalue weighted by atomic mass is 10.1. The van der Waals surface area contributed by atoms with E-state index in [1.807, 2.05) is 44.2 Å². The average Bonchev–Trinajstić information content (AvgIpc) is 3.12. The second kappa shape index (κ2) is 7.19. The summed E-state index contributed by atoms with van der Waals surface area (Å²) in [7, 11) is 0. The van der Waals surface area contributed by atoms with Gasteiger partial charge < -0.3 is 5.32 Å². The van der Waals surface area contributed by atoms with Crippen molar-refractivity contribution < 1.29 is 9.18 Å². The number of carbonyl (C=O) groups is 1. The standard InChI is InChI=1S/C21H18FN5O/c1-13-18(12-19(28)24-17-10-8-16(22)9-11-17)14(2)27-21(23-13)25-20(26-27)15-6-4-3-5-7-15/h3-11H,12H2,1-2H3,(H,24,28). The van der Waals surface area contributed by atoms with E-state index in [-0.39, 0.29) is 18.1 Å². The Morgan fingerprint density at radius 3 is 2.46 bits per heavy atom. The fraction of sp³-hybridized carbons (Fsp3) is 0.143. The number of aromatic nitrogens is 4. The zero-order chi connectivity index (χ0) is 19.7. The number of benzene rings is 2. The number of hydrogen-bond donors (Lipinski definition) is 1. The monoisotopic (exact) mass is 375 g/mol. The maximum absolute atomic E-state index is 13.0. The van der Waals surface area contributed by atoms with Crippen LogP contribution >= 0.6 is 0 Å². The summed E-state index contributed by atoms with van der Waals surface area (Å²) in [5.74, 6) is 0.530. The Kier molecular flexibility index (Phi) is 4.57. The first-order chi connectivity index (χ1) is 13.5. The molecular formula is C21H18FN5O. The van der Waals surface area contributed by atoms with Crippen LogP contribution in [0.25, 0.3) is 17.2 Å². The van der Waals surface area contributed by atoms with E-state index in [2.05, 4.69) is 20.4 Å². The molecule has 0 aliphatic heterocycles. The lowest BCUT2D eigenvalue weighted by Gasteiger charge is -2.10. The van der Waals surface area contributed by atoms with Crippen molar-refractivity contribution in [3.05, 3.63) is 77.4 Å². The van der Waals surface area contributed by atoms with Gasteiger partial charge in [0.25, 0.3) is 5.78 Å². The summed E-state index contributed by atoms with van der Waals surface area (Å²) < 4.78 is 14.7. The predicted octanol–water partition coefficient (Wildman–Crippen LogP) is 3.73. The van der Waals surface area contributed by atoms with Crippen LogP contribution in [-0.4, -0.2) is 25.5 Å². The van der Waals surface area contributed by atoms with E-state index >= 15 is 0 Å². The summed E-state index contributed by atoms with van der Waals surface area (Å²) in [5.41, 5.74) is 3.78. The molecule has 28 heavy (non-hydrogen) atoms. The molecule has 0 aliphatic rings. The molecule has 4 rings (SSSR count). The van der Waals surface area contributed by atoms with Gasteiger partial charge >= 0.3 is 0 Å². The molecule has 0 radical (unpaired) electrons. The van der Waals surface area contributed by atoms with Crippen LogP contribution in [0, 0.1) is 19.7 Å². The molecule has 0 fully saturated rings. The summed E-state index contributed by atoms with van der Waals surface area (Å²) >= 11 is 0. The van der Waals surface area contributed by atoms with E-state index in [1.54, 1.807) is 4.52 Å². The number of nitrogens with zero attached hydrogens (tertiary/aromatic N) is 4. The number of halogens is 1. The van der Waals surface area contributed by atoms with Gasteiger partial charge in [0.1, 0.15) is 5.82 Å². The number of carbonyl (C=O) groups excluding carboxylic acids is 1. The topological polar surface area (TPSA) is 72.2 Å². The molecule has 4 aromatic rings. The van der Waals surface area contributed by atoms with Crippen LogP contribution in [0.4, 0.5) is 10.1 Å². The molecule has 6 nitrogen and oxygen atoms in total. The Bertz CT molecular complexity index is 1150. The Balaban J connectivity index is 1.63. The van der Waals surface area contributed by atoms with Crippen molar-refractivity contribution in [2.24, 2.45) is 0 Å². The zero-order valence-electron chi connectivity index (χ0n) is 15.5. The molecule has 1 amide bonds. The van der Waals surface area contributed by atoms with Crippen LogP contribution in [0.1, 0.15) is 17.0 Å². The Morgan fingerprint density at radius 2 is 1.75 bits per heavy atom. The van der Waals surface area contributed by atoms with Gasteiger partial charge in [0.05, 0.1) is 6.42 Å². The summed E-state index contributed by atoms with van der Waals surface area (Å²) in [6.45, 7) is 3.75. The third-order valence-corrected chi connectivity index (χ3v) is 4.55. The minimum atomic E-state index is -0.347. The van der Waals surface area contributed by atoms with E-state index in [1.165, 1.54) is 24.3 Å². The summed E-state index contributed by atoms with van der Waals surface area (Å²) in [5, 5.41) is 7.33. The second-order valence-electron chi connectivity index (χ2n) is 6.51. The molecule has 2 heterocycles. The lowest BCUT2D eigenvalue weighted by molar-refractivity contribution is -0.115. The fourth-order valence-electron chi connectivity index (χ4n) is 3.07. The normalized spacial score (nSPS) is 11.0. The van der Waals surface area contributed by atoms with Crippen LogP contribution in [0.3, 0.4) is 0 Å². The van der Waals surface area contributed by atoms with Gasteiger partial charge in [-0.15, -0.1) is 5.10 Å². The van der Waals surface area contributed by atoms with Crippen molar-refractivity contribution in [1.29, 1.82) is 0 Å². The van der Waals surface area contributed by atoms with Gasteiger partial charge in [-0.1, -0.05) is 30.3 Å². The second-order valence-corrected chi connectivity index (χ2v) is 6.51. The third kappa shape index (κ3) is 3.46. The molecule has 0 unspecified atom stereocenters. The quantitative estimate of drug-likeness (QED) is 0.590. The van der Waals surface area contributed by atoms with Gasteiger partial charge in [-0.2, -0.15) is 4.98 Å². The molecule has 7 heteroatoms. The van der Waals surface area contributed by atoms with Gasteiger partial charge in [-0.25, -0.2) is 13.9 Å². The molecule has 0 spiro atoms. The first-order valence-corrected chi connectivity index (χ1v) is 8.85. The zero-order valence-corrected chi connectivity index (χ0v) is 15.5. The molecule has 140 valence electrons. The largest absolute Gasteiger partial charge is 0.326 e. The van der Waals surface area contributed by atoms with Gasteiger partial charge in [-0.05, 0) is 38.1 Å². The van der Waals surface area contributed by atoms with Crippen LogP contribution in [0.2, 0.25) is 0 Å². The molecule has 2 aromatic heterocycles. The van der Waals surface area contributed by atoms with Crippen molar-refractivity contribution in [2.45, 2.75) is 20.3 Å². The lowest BCUT2D eigenvalue weighted by Crippen LogP contribution is -2.17. The maximum atomic E-state index is 13.0. The highest BCUT2D eigenvalue weighted by Crippen LogP contribution is 2.19. The Labute approximate surface area is 161 Å². The minimum Gasteiger partial charge on any atom is -0.326 e. The molecule has 2 aromatic carbocycles. The Morgan fingerprint density at radius 1 is 1.04 bits per heavy atom. The van der Waals surface area contributed by atoms with Crippen molar-refractivity contribution in [1.82, 2.24) is 19.6 Å². The van der Waals surface area contributed by atoms with E-state index < -0.39 is 0 Å². The number of fused-ring (bicyclic) bond motifs is 1. The summed E-state index contributed by atoms with van der Waals surface area (Å²) in [6.07, 6.45) is 0.137. The number of hydrogen-bond acceptors (Lipinski definition) is 4. The van der Waals surface area contributed by atoms with Crippen molar-refractivity contribution >= 4 is 17.4 Å². The van der Waals surface area contributed by atoms with Gasteiger partial charge in [0.2, 0.25) is 5.91 Å². The molecule has 0 atom stereocenters. The average molecular weight is 375 g/mol. The molecule has 0 saturated heterocycles. The van der Waals surface area contributed by atoms with E-state index in [9.17, 15) is 9.18 Å². The molecule has 0 bridgehead atoms. The van der Waals surface area contributed by atoms with E-state index in [0.717, 1.165) is 22.5 Å². The number of rotatable bonds is 4. The van der Waals surface area contributed by atoms with Gasteiger partial charge in [-0.3, -0.25) is 4.79 Å². The Hall–Kier alpha value is -3.61. The number of anilines is 1. The van der Waals surface area contributed by atoms with Crippen LogP contribution in [0.5, 0.6) is 0 Å². The first kappa shape index (κ1) is 17.8. The fourth-order valence-corrected chi connectivity index (χ4v) is 3.07. The van der Waals surface area contributed by atoms with E-state index in [4.69, 9.17) is 0 Å². The molecule has 0 aliphatic carbocycles. The highest BCUT2D eigenvalue weighted by Gasteiger charge is 2.16. The maximum Gasteiger partial charge on any atom is 0.253 e. The highest BCUT2D eigenvalue weighted by molar-refractivity contribution is 5.92. The predicted molar refractivity (Wildman–Crippen MR) is 104 cm³/mol. The number of amides is 1. The molecule has 1 N–H and O–H groups in total. The highest BCUT2D eigenvalue weighted by atomic mass is 19.1. The number of nitrogens with one attached hydrogen (secondary N) is 1.